The molecule has 5 rings (SSSR count). The zero-order valence-corrected chi connectivity index (χ0v) is 23.8. The highest BCUT2D eigenvalue weighted by molar-refractivity contribution is 7.92. The van der Waals surface area contributed by atoms with Crippen LogP contribution in [0.25, 0.3) is 32.9 Å². The molecule has 9 nitrogen and oxygen atoms in total. The number of hydrogen-bond acceptors (Lipinski definition) is 7. The van der Waals surface area contributed by atoms with E-state index in [9.17, 15) is 18.0 Å². The van der Waals surface area contributed by atoms with E-state index >= 15 is 4.39 Å². The number of fused-ring (bicyclic) bond motifs is 2. The van der Waals surface area contributed by atoms with Crippen LogP contribution in [0.1, 0.15) is 21.6 Å². The maximum Gasteiger partial charge on any atom is 0.255 e. The van der Waals surface area contributed by atoms with Crippen molar-refractivity contribution in [2.75, 3.05) is 37.9 Å². The van der Waals surface area contributed by atoms with Gasteiger partial charge in [0, 0.05) is 41.2 Å². The summed E-state index contributed by atoms with van der Waals surface area (Å²) < 4.78 is 42.7. The molecule has 41 heavy (non-hydrogen) atoms. The molecule has 3 aromatic heterocycles. The van der Waals surface area contributed by atoms with E-state index in [1.165, 1.54) is 12.3 Å². The number of aryl methyl sites for hydroxylation is 1. The van der Waals surface area contributed by atoms with Crippen LogP contribution in [0.3, 0.4) is 0 Å². The molecule has 0 spiro atoms. The first-order valence-electron chi connectivity index (χ1n) is 13.0. The first kappa shape index (κ1) is 28.2. The Labute approximate surface area is 236 Å². The first-order valence-corrected chi connectivity index (χ1v) is 14.8. The van der Waals surface area contributed by atoms with Crippen molar-refractivity contribution in [2.24, 2.45) is 0 Å². The molecule has 3 heterocycles. The fourth-order valence-corrected chi connectivity index (χ4v) is 6.38. The minimum Gasteiger partial charge on any atom is -0.384 e. The smallest absolute Gasteiger partial charge is 0.255 e. The Bertz CT molecular complexity index is 1980. The lowest BCUT2D eigenvalue weighted by atomic mass is 10.0. The van der Waals surface area contributed by atoms with E-state index in [2.05, 4.69) is 9.97 Å². The maximum absolute atomic E-state index is 15.1. The number of Topliss-reactive ketones (excluding diaryl/α,β-unsaturated/α-hetero) is 1. The fraction of sp³-hybridized carbons (Fsp3) is 0.233. The lowest BCUT2D eigenvalue weighted by Gasteiger charge is -2.15. The van der Waals surface area contributed by atoms with E-state index in [1.54, 1.807) is 54.8 Å². The molecule has 0 unspecified atom stereocenters. The van der Waals surface area contributed by atoms with Crippen LogP contribution in [-0.4, -0.2) is 65.8 Å². The molecule has 2 aromatic carbocycles. The van der Waals surface area contributed by atoms with Crippen molar-refractivity contribution >= 4 is 43.2 Å². The summed E-state index contributed by atoms with van der Waals surface area (Å²) in [7, 11) is -0.319. The summed E-state index contributed by atoms with van der Waals surface area (Å²) in [6.45, 7) is 1.89. The second-order valence-corrected chi connectivity index (χ2v) is 12.6. The van der Waals surface area contributed by atoms with E-state index in [0.29, 0.717) is 27.5 Å². The number of carbonyl (C=O) groups excluding carboxylic acids is 1. The molecular formula is C30H30FN5O4S. The molecule has 0 fully saturated rings. The molecule has 0 aliphatic rings. The monoisotopic (exact) mass is 575 g/mol. The van der Waals surface area contributed by atoms with Gasteiger partial charge < -0.3 is 20.2 Å². The average Bonchev–Trinajstić information content (AvgIpc) is 3.20. The molecule has 11 heteroatoms. The minimum absolute atomic E-state index is 0.00888. The van der Waals surface area contributed by atoms with Crippen LogP contribution in [0.5, 0.6) is 0 Å². The van der Waals surface area contributed by atoms with E-state index in [-0.39, 0.29) is 41.5 Å². The average molecular weight is 576 g/mol. The number of nitrogens with one attached hydrogen (secondary N) is 1. The number of pyridine rings is 2. The van der Waals surface area contributed by atoms with Crippen molar-refractivity contribution in [3.63, 3.8) is 0 Å². The zero-order chi connectivity index (χ0) is 29.5. The normalized spacial score (nSPS) is 12.0. The quantitative estimate of drug-likeness (QED) is 0.256. The fourth-order valence-electron chi connectivity index (χ4n) is 5.06. The number of aromatic amines is 1. The molecule has 0 saturated carbocycles. The van der Waals surface area contributed by atoms with Gasteiger partial charge in [0.05, 0.1) is 22.5 Å². The summed E-state index contributed by atoms with van der Waals surface area (Å²) in [5.74, 6) is -1.91. The number of anilines is 1. The third-order valence-electron chi connectivity index (χ3n) is 7.05. The molecule has 5 aromatic rings. The highest BCUT2D eigenvalue weighted by Crippen LogP contribution is 2.37. The molecule has 3 N–H and O–H groups in total. The molecule has 0 saturated heterocycles. The van der Waals surface area contributed by atoms with Gasteiger partial charge in [-0.1, -0.05) is 18.2 Å². The van der Waals surface area contributed by atoms with Gasteiger partial charge in [-0.05, 0) is 68.5 Å². The summed E-state index contributed by atoms with van der Waals surface area (Å²) in [4.78, 5) is 35.8. The number of nitrogen functional groups attached to an aromatic ring is 1. The third-order valence-corrected chi connectivity index (χ3v) is 8.55. The van der Waals surface area contributed by atoms with Crippen molar-refractivity contribution in [3.05, 3.63) is 93.8 Å². The molecule has 212 valence electrons. The van der Waals surface area contributed by atoms with E-state index in [1.807, 2.05) is 24.3 Å². The van der Waals surface area contributed by atoms with E-state index in [0.717, 1.165) is 5.39 Å². The summed E-state index contributed by atoms with van der Waals surface area (Å²) in [5.41, 5.74) is 8.09. The first-order chi connectivity index (χ1) is 19.4. The Morgan fingerprint density at radius 1 is 1.10 bits per heavy atom. The van der Waals surface area contributed by atoms with Gasteiger partial charge in [-0.2, -0.15) is 0 Å². The summed E-state index contributed by atoms with van der Waals surface area (Å²) in [6, 6.07) is 15.1. The lowest BCUT2D eigenvalue weighted by molar-refractivity contribution is 0.101. The maximum atomic E-state index is 15.1. The number of halogens is 1. The van der Waals surface area contributed by atoms with Crippen molar-refractivity contribution in [1.29, 1.82) is 0 Å². The number of carbonyl (C=O) groups is 1. The molecule has 0 atom stereocenters. The van der Waals surface area contributed by atoms with Gasteiger partial charge in [-0.25, -0.2) is 17.8 Å². The molecule has 0 aliphatic carbocycles. The predicted octanol–water partition coefficient (Wildman–Crippen LogP) is 3.78. The van der Waals surface area contributed by atoms with Gasteiger partial charge in [-0.3, -0.25) is 9.59 Å². The third kappa shape index (κ3) is 5.63. The second-order valence-electron chi connectivity index (χ2n) is 10.4. The van der Waals surface area contributed by atoms with Crippen molar-refractivity contribution in [3.8, 4) is 11.1 Å². The number of benzene rings is 2. The topological polar surface area (TPSA) is 131 Å². The van der Waals surface area contributed by atoms with Gasteiger partial charge in [0.2, 0.25) is 0 Å². The number of sulfone groups is 1. The van der Waals surface area contributed by atoms with Crippen LogP contribution < -0.4 is 11.3 Å². The van der Waals surface area contributed by atoms with E-state index in [4.69, 9.17) is 5.73 Å². The number of nitrogens with two attached hydrogens (primary N) is 1. The van der Waals surface area contributed by atoms with Gasteiger partial charge in [-0.15, -0.1) is 0 Å². The van der Waals surface area contributed by atoms with Crippen LogP contribution in [0.2, 0.25) is 0 Å². The number of nitrogens with zero attached hydrogens (tertiary/aromatic N) is 3. The van der Waals surface area contributed by atoms with Crippen LogP contribution in [0, 0.1) is 12.7 Å². The van der Waals surface area contributed by atoms with Gasteiger partial charge in [0.1, 0.15) is 17.4 Å². The number of H-pyrrole nitrogens is 1. The SMILES string of the molecule is Cc1cc2c(-c3ccc[nH]c3=O)c(C(=O)CS(=O)(=O)CCN(C)C)n(Cc3cc(N)nc4ccccc34)c2cc1F. The Hall–Kier alpha value is -4.35. The number of para-hydroxylation sites is 1. The van der Waals surface area contributed by atoms with Crippen molar-refractivity contribution < 1.29 is 17.6 Å². The Morgan fingerprint density at radius 2 is 1.85 bits per heavy atom. The minimum atomic E-state index is -3.81. The number of hydrogen-bond donors (Lipinski definition) is 2. The van der Waals surface area contributed by atoms with Crippen molar-refractivity contribution in [2.45, 2.75) is 13.5 Å². The second kappa shape index (κ2) is 10.9. The Kier molecular flexibility index (Phi) is 7.50. The van der Waals surface area contributed by atoms with Crippen molar-refractivity contribution in [1.82, 2.24) is 19.4 Å². The van der Waals surface area contributed by atoms with Crippen LogP contribution in [0.15, 0.2) is 65.6 Å². The highest BCUT2D eigenvalue weighted by atomic mass is 32.2. The Morgan fingerprint density at radius 3 is 2.59 bits per heavy atom. The van der Waals surface area contributed by atoms with Crippen LogP contribution in [0.4, 0.5) is 10.2 Å². The number of aromatic nitrogens is 3. The van der Waals surface area contributed by atoms with E-state index < -0.39 is 32.7 Å². The summed E-state index contributed by atoms with van der Waals surface area (Å²) in [5, 5.41) is 1.23. The standard InChI is InChI=1S/C30H30FN5O4S/c1-18-13-22-25(15-23(18)31)36(16-19-14-27(32)34-24-9-5-4-7-20(19)24)29(28(22)21-8-6-10-33-30(21)38)26(37)17-41(39,40)12-11-35(2)3/h4-10,13-15H,11-12,16-17H2,1-3H3,(H2,32,34)(H,33,38). The number of ketones is 1. The van der Waals surface area contributed by atoms with Gasteiger partial charge in [0.15, 0.2) is 15.6 Å². The lowest BCUT2D eigenvalue weighted by Crippen LogP contribution is -2.27. The highest BCUT2D eigenvalue weighted by Gasteiger charge is 2.29. The van der Waals surface area contributed by atoms with Crippen LogP contribution >= 0.6 is 0 Å². The molecule has 0 radical (unpaired) electrons. The van der Waals surface area contributed by atoms with Gasteiger partial charge >= 0.3 is 0 Å². The summed E-state index contributed by atoms with van der Waals surface area (Å²) >= 11 is 0. The molecule has 0 aliphatic heterocycles. The predicted molar refractivity (Wildman–Crippen MR) is 159 cm³/mol. The summed E-state index contributed by atoms with van der Waals surface area (Å²) in [6.07, 6.45) is 1.47. The Balaban J connectivity index is 1.81. The zero-order valence-electron chi connectivity index (χ0n) is 22.9. The number of rotatable bonds is 9. The molecular weight excluding hydrogens is 545 g/mol. The van der Waals surface area contributed by atoms with Crippen LogP contribution in [-0.2, 0) is 16.4 Å². The van der Waals surface area contributed by atoms with Gasteiger partial charge in [0.25, 0.3) is 5.56 Å². The molecule has 0 amide bonds. The molecule has 0 bridgehead atoms. The largest absolute Gasteiger partial charge is 0.384 e.